The number of para-hydroxylation sites is 1. The minimum absolute atomic E-state index is 0.0614. The molecule has 7 heteroatoms. The van der Waals surface area contributed by atoms with E-state index in [2.05, 4.69) is 5.32 Å². The van der Waals surface area contributed by atoms with E-state index in [1.165, 1.54) is 0 Å². The number of hydrogen-bond acceptors (Lipinski definition) is 4. The van der Waals surface area contributed by atoms with E-state index in [0.717, 1.165) is 30.4 Å². The third-order valence-corrected chi connectivity index (χ3v) is 5.42. The lowest BCUT2D eigenvalue weighted by Gasteiger charge is -2.13. The molecular weight excluding hydrogens is 358 g/mol. The second kappa shape index (κ2) is 7.77. The highest BCUT2D eigenvalue weighted by molar-refractivity contribution is 6.17. The third-order valence-electron chi connectivity index (χ3n) is 5.42. The molecule has 1 aromatic carbocycles. The van der Waals surface area contributed by atoms with Crippen molar-refractivity contribution < 1.29 is 14.3 Å². The number of methoxy groups -OCH3 is 1. The summed E-state index contributed by atoms with van der Waals surface area (Å²) in [5.74, 6) is -0.192. The Morgan fingerprint density at radius 3 is 2.93 bits per heavy atom. The van der Waals surface area contributed by atoms with Gasteiger partial charge in [0.15, 0.2) is 0 Å². The molecule has 0 bridgehead atoms. The second-order valence-electron chi connectivity index (χ2n) is 7.18. The van der Waals surface area contributed by atoms with Crippen LogP contribution in [0.5, 0.6) is 0 Å². The molecule has 3 aromatic rings. The first-order valence-electron chi connectivity index (χ1n) is 9.61. The van der Waals surface area contributed by atoms with Crippen LogP contribution >= 0.6 is 0 Å². The number of amides is 1. The quantitative estimate of drug-likeness (QED) is 0.707. The average molecular weight is 383 g/mol. The van der Waals surface area contributed by atoms with Crippen LogP contribution in [-0.4, -0.2) is 48.0 Å². The van der Waals surface area contributed by atoms with Crippen LogP contribution in [0.15, 0.2) is 35.3 Å². The zero-order valence-electron chi connectivity index (χ0n) is 16.2. The SMILES string of the molecule is COCCn1cc(C(=O)NCC2CCCO2)c2c3ccccc3n(C)c2c1=O. The van der Waals surface area contributed by atoms with Gasteiger partial charge in [0.05, 0.1) is 18.3 Å². The standard InChI is InChI=1S/C21H25N3O4/c1-23-17-8-4-3-7-15(17)18-16(20(25)22-12-14-6-5-10-28-14)13-24(9-11-27-2)21(26)19(18)23/h3-4,7-8,13-14H,5-6,9-12H2,1-2H3,(H,22,25). The maximum atomic E-state index is 13.1. The molecule has 28 heavy (non-hydrogen) atoms. The number of carbonyl (C=O) groups is 1. The fourth-order valence-electron chi connectivity index (χ4n) is 3.97. The number of rotatable bonds is 6. The summed E-state index contributed by atoms with van der Waals surface area (Å²) in [6.45, 7) is 2.00. The number of nitrogens with one attached hydrogen (secondary N) is 1. The van der Waals surface area contributed by atoms with E-state index in [1.54, 1.807) is 17.9 Å². The molecule has 0 spiro atoms. The van der Waals surface area contributed by atoms with E-state index in [9.17, 15) is 9.59 Å². The van der Waals surface area contributed by atoms with Crippen LogP contribution in [0.2, 0.25) is 0 Å². The number of aryl methyl sites for hydroxylation is 1. The molecule has 2 aromatic heterocycles. The van der Waals surface area contributed by atoms with Gasteiger partial charge < -0.3 is 23.9 Å². The Balaban J connectivity index is 1.84. The van der Waals surface area contributed by atoms with Gasteiger partial charge in [-0.25, -0.2) is 0 Å². The van der Waals surface area contributed by atoms with Gasteiger partial charge >= 0.3 is 0 Å². The number of fused-ring (bicyclic) bond motifs is 3. The number of ether oxygens (including phenoxy) is 2. The van der Waals surface area contributed by atoms with Gasteiger partial charge in [0.1, 0.15) is 5.52 Å². The van der Waals surface area contributed by atoms with Gasteiger partial charge in [-0.3, -0.25) is 9.59 Å². The summed E-state index contributed by atoms with van der Waals surface area (Å²) in [5.41, 5.74) is 1.83. The molecule has 0 saturated carbocycles. The lowest BCUT2D eigenvalue weighted by Crippen LogP contribution is -2.33. The van der Waals surface area contributed by atoms with E-state index in [-0.39, 0.29) is 17.6 Å². The number of benzene rings is 1. The van der Waals surface area contributed by atoms with Crippen LogP contribution in [0.3, 0.4) is 0 Å². The maximum absolute atomic E-state index is 13.1. The van der Waals surface area contributed by atoms with E-state index in [0.29, 0.717) is 36.2 Å². The Kier molecular flexibility index (Phi) is 5.19. The summed E-state index contributed by atoms with van der Waals surface area (Å²) in [6.07, 6.45) is 3.69. The molecule has 7 nitrogen and oxygen atoms in total. The number of nitrogens with zero attached hydrogens (tertiary/aromatic N) is 2. The minimum atomic E-state index is -0.192. The summed E-state index contributed by atoms with van der Waals surface area (Å²) in [5, 5.41) is 4.59. The smallest absolute Gasteiger partial charge is 0.275 e. The molecule has 4 rings (SSSR count). The van der Waals surface area contributed by atoms with Gasteiger partial charge in [-0.2, -0.15) is 0 Å². The molecule has 1 aliphatic heterocycles. The van der Waals surface area contributed by atoms with Crippen molar-refractivity contribution >= 4 is 27.7 Å². The number of hydrogen-bond donors (Lipinski definition) is 1. The van der Waals surface area contributed by atoms with Crippen molar-refractivity contribution in [2.75, 3.05) is 26.9 Å². The summed E-state index contributed by atoms with van der Waals surface area (Å²) in [4.78, 5) is 26.2. The van der Waals surface area contributed by atoms with Crippen LogP contribution in [0.1, 0.15) is 23.2 Å². The highest BCUT2D eigenvalue weighted by Crippen LogP contribution is 2.29. The van der Waals surface area contributed by atoms with Crippen molar-refractivity contribution in [3.8, 4) is 0 Å². The molecule has 3 heterocycles. The third kappa shape index (κ3) is 3.21. The number of pyridine rings is 1. The normalized spacial score (nSPS) is 16.9. The number of aromatic nitrogens is 2. The zero-order chi connectivity index (χ0) is 19.7. The molecule has 1 unspecified atom stereocenters. The molecule has 0 aliphatic carbocycles. The summed E-state index contributed by atoms with van der Waals surface area (Å²) < 4.78 is 14.2. The molecular formula is C21H25N3O4. The first-order chi connectivity index (χ1) is 13.6. The van der Waals surface area contributed by atoms with Gasteiger partial charge in [0.25, 0.3) is 11.5 Å². The molecule has 1 atom stereocenters. The van der Waals surface area contributed by atoms with Crippen molar-refractivity contribution in [1.82, 2.24) is 14.5 Å². The molecule has 1 fully saturated rings. The van der Waals surface area contributed by atoms with E-state index in [4.69, 9.17) is 9.47 Å². The molecule has 1 amide bonds. The molecule has 1 saturated heterocycles. The Morgan fingerprint density at radius 2 is 2.18 bits per heavy atom. The first-order valence-corrected chi connectivity index (χ1v) is 9.61. The Labute approximate surface area is 162 Å². The summed E-state index contributed by atoms with van der Waals surface area (Å²) in [7, 11) is 3.45. The highest BCUT2D eigenvalue weighted by atomic mass is 16.5. The Bertz CT molecular complexity index is 1080. The predicted octanol–water partition coefficient (Wildman–Crippen LogP) is 2.05. The lowest BCUT2D eigenvalue weighted by atomic mass is 10.1. The van der Waals surface area contributed by atoms with Crippen molar-refractivity contribution in [2.45, 2.75) is 25.5 Å². The summed E-state index contributed by atoms with van der Waals surface area (Å²) in [6, 6.07) is 7.77. The monoisotopic (exact) mass is 383 g/mol. The topological polar surface area (TPSA) is 74.5 Å². The summed E-state index contributed by atoms with van der Waals surface area (Å²) >= 11 is 0. The van der Waals surface area contributed by atoms with Crippen LogP contribution in [0.4, 0.5) is 0 Å². The Morgan fingerprint density at radius 1 is 1.36 bits per heavy atom. The lowest BCUT2D eigenvalue weighted by molar-refractivity contribution is 0.0858. The van der Waals surface area contributed by atoms with Gasteiger partial charge in [-0.15, -0.1) is 0 Å². The second-order valence-corrected chi connectivity index (χ2v) is 7.18. The predicted molar refractivity (Wildman–Crippen MR) is 108 cm³/mol. The van der Waals surface area contributed by atoms with Crippen molar-refractivity contribution in [2.24, 2.45) is 7.05 Å². The van der Waals surface area contributed by atoms with E-state index < -0.39 is 0 Å². The fraction of sp³-hybridized carbons (Fsp3) is 0.429. The molecule has 1 N–H and O–H groups in total. The highest BCUT2D eigenvalue weighted by Gasteiger charge is 2.22. The van der Waals surface area contributed by atoms with Crippen molar-refractivity contribution in [3.05, 3.63) is 46.4 Å². The van der Waals surface area contributed by atoms with Gasteiger partial charge in [-0.05, 0) is 18.9 Å². The Hall–Kier alpha value is -2.64. The van der Waals surface area contributed by atoms with E-state index in [1.807, 2.05) is 35.9 Å². The van der Waals surface area contributed by atoms with Crippen LogP contribution in [0, 0.1) is 0 Å². The van der Waals surface area contributed by atoms with Gasteiger partial charge in [-0.1, -0.05) is 18.2 Å². The first kappa shape index (κ1) is 18.7. The van der Waals surface area contributed by atoms with Gasteiger partial charge in [0.2, 0.25) is 0 Å². The van der Waals surface area contributed by atoms with Crippen LogP contribution in [0.25, 0.3) is 21.8 Å². The number of carbonyl (C=O) groups excluding carboxylic acids is 1. The molecule has 1 aliphatic rings. The fourth-order valence-corrected chi connectivity index (χ4v) is 3.97. The minimum Gasteiger partial charge on any atom is -0.383 e. The average Bonchev–Trinajstić information content (AvgIpc) is 3.33. The van der Waals surface area contributed by atoms with Crippen LogP contribution < -0.4 is 10.9 Å². The molecule has 0 radical (unpaired) electrons. The van der Waals surface area contributed by atoms with Crippen molar-refractivity contribution in [3.63, 3.8) is 0 Å². The molecule has 148 valence electrons. The van der Waals surface area contributed by atoms with Crippen LogP contribution in [-0.2, 0) is 23.1 Å². The largest absolute Gasteiger partial charge is 0.383 e. The maximum Gasteiger partial charge on any atom is 0.275 e. The van der Waals surface area contributed by atoms with E-state index >= 15 is 0 Å². The van der Waals surface area contributed by atoms with Crippen molar-refractivity contribution in [1.29, 1.82) is 0 Å². The zero-order valence-corrected chi connectivity index (χ0v) is 16.2. The van der Waals surface area contributed by atoms with Gasteiger partial charge in [0, 0.05) is 56.3 Å².